The summed E-state index contributed by atoms with van der Waals surface area (Å²) in [6, 6.07) is 8.25. The van der Waals surface area contributed by atoms with E-state index in [0.29, 0.717) is 12.3 Å². The maximum absolute atomic E-state index is 14.0. The van der Waals surface area contributed by atoms with Crippen molar-refractivity contribution in [3.8, 4) is 0 Å². The first-order valence-corrected chi connectivity index (χ1v) is 10.8. The molecule has 2 aliphatic heterocycles. The van der Waals surface area contributed by atoms with Gasteiger partial charge in [-0.05, 0) is 80.6 Å². The lowest BCUT2D eigenvalue weighted by atomic mass is 9.74. The van der Waals surface area contributed by atoms with Gasteiger partial charge in [0.05, 0.1) is 6.26 Å². The third-order valence-electron chi connectivity index (χ3n) is 6.53. The predicted octanol–water partition coefficient (Wildman–Crippen LogP) is 4.46. The molecular formula is C23H24F4N2O4. The van der Waals surface area contributed by atoms with E-state index in [-0.39, 0.29) is 17.1 Å². The lowest BCUT2D eigenvalue weighted by molar-refractivity contribution is -0.192. The Kier molecular flexibility index (Phi) is 6.22. The summed E-state index contributed by atoms with van der Waals surface area (Å²) in [4.78, 5) is 26.1. The third-order valence-corrected chi connectivity index (χ3v) is 6.53. The first kappa shape index (κ1) is 23.3. The first-order valence-electron chi connectivity index (χ1n) is 10.8. The molecule has 1 aliphatic carbocycles. The van der Waals surface area contributed by atoms with E-state index in [1.54, 1.807) is 29.2 Å². The van der Waals surface area contributed by atoms with E-state index in [1.165, 1.54) is 31.7 Å². The largest absolute Gasteiger partial charge is 0.490 e. The van der Waals surface area contributed by atoms with Crippen LogP contribution in [0.5, 0.6) is 0 Å². The van der Waals surface area contributed by atoms with E-state index < -0.39 is 12.1 Å². The molecule has 33 heavy (non-hydrogen) atoms. The molecule has 1 N–H and O–H groups in total. The minimum Gasteiger partial charge on any atom is -0.475 e. The zero-order valence-electron chi connectivity index (χ0n) is 17.8. The van der Waals surface area contributed by atoms with Crippen LogP contribution in [0.3, 0.4) is 0 Å². The third kappa shape index (κ3) is 5.05. The summed E-state index contributed by atoms with van der Waals surface area (Å²) in [5.74, 6) is -1.90. The highest BCUT2D eigenvalue weighted by molar-refractivity contribution is 6.06. The fourth-order valence-corrected chi connectivity index (χ4v) is 4.61. The molecule has 1 aromatic carbocycles. The normalized spacial score (nSPS) is 19.7. The number of rotatable bonds is 3. The van der Waals surface area contributed by atoms with Crippen LogP contribution in [-0.2, 0) is 10.2 Å². The number of furan rings is 1. The molecule has 5 rings (SSSR count). The standard InChI is InChI=1S/C21H23FN2O2.C2HF3O2/c22-16-5-6-18-17(12-16)21(7-9-23(10-8-21)13-15-3-4-15)14-24(18)20(25)19-2-1-11-26-19;3-2(4,5)1(6)7/h1-2,5-6,11-12,15H,3-4,7-10,13-14H2;(H,6,7). The number of carbonyl (C=O) groups excluding carboxylic acids is 1. The molecule has 0 radical (unpaired) electrons. The minimum atomic E-state index is -5.08. The van der Waals surface area contributed by atoms with Crippen molar-refractivity contribution in [3.63, 3.8) is 0 Å². The Bertz CT molecular complexity index is 1010. The van der Waals surface area contributed by atoms with Crippen molar-refractivity contribution >= 4 is 17.6 Å². The summed E-state index contributed by atoms with van der Waals surface area (Å²) in [5, 5.41) is 7.12. The zero-order valence-corrected chi connectivity index (χ0v) is 17.8. The van der Waals surface area contributed by atoms with E-state index in [9.17, 15) is 22.4 Å². The van der Waals surface area contributed by atoms with Crippen LogP contribution in [-0.4, -0.2) is 54.2 Å². The molecular weight excluding hydrogens is 444 g/mol. The van der Waals surface area contributed by atoms with E-state index in [4.69, 9.17) is 14.3 Å². The highest BCUT2D eigenvalue weighted by atomic mass is 19.4. The number of halogens is 4. The molecule has 3 heterocycles. The van der Waals surface area contributed by atoms with Crippen LogP contribution in [0.2, 0.25) is 0 Å². The Labute approximate surface area is 187 Å². The lowest BCUT2D eigenvalue weighted by Crippen LogP contribution is -2.46. The number of piperidine rings is 1. The van der Waals surface area contributed by atoms with Crippen molar-refractivity contribution in [2.75, 3.05) is 31.1 Å². The number of hydrogen-bond acceptors (Lipinski definition) is 4. The maximum atomic E-state index is 14.0. The number of hydrogen-bond donors (Lipinski definition) is 1. The molecule has 0 unspecified atom stereocenters. The molecule has 1 saturated heterocycles. The van der Waals surface area contributed by atoms with E-state index in [1.807, 2.05) is 0 Å². The van der Waals surface area contributed by atoms with Gasteiger partial charge < -0.3 is 19.3 Å². The van der Waals surface area contributed by atoms with Gasteiger partial charge in [0, 0.05) is 24.2 Å². The van der Waals surface area contributed by atoms with Gasteiger partial charge in [0.1, 0.15) is 5.82 Å². The van der Waals surface area contributed by atoms with Gasteiger partial charge in [-0.15, -0.1) is 0 Å². The van der Waals surface area contributed by atoms with Crippen molar-refractivity contribution in [1.29, 1.82) is 0 Å². The summed E-state index contributed by atoms with van der Waals surface area (Å²) >= 11 is 0. The van der Waals surface area contributed by atoms with Gasteiger partial charge in [0.25, 0.3) is 5.91 Å². The fraction of sp³-hybridized carbons (Fsp3) is 0.478. The number of nitrogens with zero attached hydrogens (tertiary/aromatic N) is 2. The van der Waals surface area contributed by atoms with Crippen molar-refractivity contribution in [2.24, 2.45) is 5.92 Å². The number of fused-ring (bicyclic) bond motifs is 2. The second-order valence-corrected chi connectivity index (χ2v) is 8.86. The van der Waals surface area contributed by atoms with E-state index >= 15 is 0 Å². The monoisotopic (exact) mass is 468 g/mol. The van der Waals surface area contributed by atoms with E-state index in [0.717, 1.165) is 43.1 Å². The van der Waals surface area contributed by atoms with Crippen molar-refractivity contribution in [1.82, 2.24) is 4.90 Å². The second kappa shape index (κ2) is 8.81. The van der Waals surface area contributed by atoms with Gasteiger partial charge in [0.2, 0.25) is 0 Å². The number of benzene rings is 1. The molecule has 1 amide bonds. The molecule has 2 fully saturated rings. The van der Waals surface area contributed by atoms with Crippen molar-refractivity contribution < 1.29 is 36.7 Å². The Hall–Kier alpha value is -2.88. The molecule has 6 nitrogen and oxygen atoms in total. The van der Waals surface area contributed by atoms with Gasteiger partial charge in [-0.2, -0.15) is 13.2 Å². The number of amides is 1. The molecule has 1 saturated carbocycles. The van der Waals surface area contributed by atoms with Crippen molar-refractivity contribution in [2.45, 2.75) is 37.3 Å². The second-order valence-electron chi connectivity index (χ2n) is 8.86. The molecule has 10 heteroatoms. The summed E-state index contributed by atoms with van der Waals surface area (Å²) in [6.45, 7) is 3.86. The average molecular weight is 468 g/mol. The smallest absolute Gasteiger partial charge is 0.475 e. The summed E-state index contributed by atoms with van der Waals surface area (Å²) < 4.78 is 51.1. The van der Waals surface area contributed by atoms with Crippen LogP contribution in [0.15, 0.2) is 41.0 Å². The number of carbonyl (C=O) groups is 2. The SMILES string of the molecule is O=C(O)C(F)(F)F.O=C(c1ccco1)N1CC2(CCN(CC3CC3)CC2)c2cc(F)ccc21. The quantitative estimate of drug-likeness (QED) is 0.674. The Morgan fingerprint density at radius 1 is 1.15 bits per heavy atom. The number of carboxylic acid groups (broad SMARTS) is 1. The topological polar surface area (TPSA) is 74.0 Å². The molecule has 3 aliphatic rings. The Morgan fingerprint density at radius 2 is 1.82 bits per heavy atom. The lowest BCUT2D eigenvalue weighted by Gasteiger charge is -2.40. The number of aliphatic carboxylic acids is 1. The van der Waals surface area contributed by atoms with Crippen LogP contribution in [0.1, 0.15) is 41.8 Å². The molecule has 178 valence electrons. The van der Waals surface area contributed by atoms with Gasteiger partial charge in [-0.3, -0.25) is 4.79 Å². The van der Waals surface area contributed by atoms with Gasteiger partial charge in [-0.25, -0.2) is 9.18 Å². The van der Waals surface area contributed by atoms with Gasteiger partial charge in [0.15, 0.2) is 5.76 Å². The van der Waals surface area contributed by atoms with E-state index in [2.05, 4.69) is 4.90 Å². The Morgan fingerprint density at radius 3 is 2.36 bits per heavy atom. The molecule has 0 bridgehead atoms. The first-order chi connectivity index (χ1) is 15.6. The van der Waals surface area contributed by atoms with Gasteiger partial charge >= 0.3 is 12.1 Å². The highest BCUT2D eigenvalue weighted by Crippen LogP contribution is 2.48. The van der Waals surface area contributed by atoms with Crippen LogP contribution in [0.25, 0.3) is 0 Å². The molecule has 1 aromatic heterocycles. The van der Waals surface area contributed by atoms with Crippen LogP contribution < -0.4 is 4.90 Å². The van der Waals surface area contributed by atoms with Crippen LogP contribution in [0, 0.1) is 11.7 Å². The highest BCUT2D eigenvalue weighted by Gasteiger charge is 2.47. The number of carboxylic acids is 1. The fourth-order valence-electron chi connectivity index (χ4n) is 4.61. The Balaban J connectivity index is 0.000000325. The number of alkyl halides is 3. The molecule has 0 atom stereocenters. The average Bonchev–Trinajstić information content (AvgIpc) is 3.30. The summed E-state index contributed by atoms with van der Waals surface area (Å²) in [7, 11) is 0. The van der Waals surface area contributed by atoms with Crippen LogP contribution >= 0.6 is 0 Å². The maximum Gasteiger partial charge on any atom is 0.490 e. The minimum absolute atomic E-state index is 0.139. The predicted molar refractivity (Wildman–Crippen MR) is 111 cm³/mol. The summed E-state index contributed by atoms with van der Waals surface area (Å²) in [5.41, 5.74) is 1.69. The number of likely N-dealkylation sites (tertiary alicyclic amines) is 1. The summed E-state index contributed by atoms with van der Waals surface area (Å²) in [6.07, 6.45) is 1.10. The molecule has 2 aromatic rings. The van der Waals surface area contributed by atoms with Crippen molar-refractivity contribution in [3.05, 3.63) is 53.7 Å². The number of anilines is 1. The van der Waals surface area contributed by atoms with Crippen LogP contribution in [0.4, 0.5) is 23.2 Å². The zero-order chi connectivity index (χ0) is 23.8. The molecule has 1 spiro atoms. The van der Waals surface area contributed by atoms with Gasteiger partial charge in [-0.1, -0.05) is 0 Å².